The number of carbonyl (C=O) groups excluding carboxylic acids is 1. The second-order valence-electron chi connectivity index (χ2n) is 4.55. The fourth-order valence-electron chi connectivity index (χ4n) is 2.15. The van der Waals surface area contributed by atoms with Crippen LogP contribution in [0.15, 0.2) is 18.2 Å². The minimum absolute atomic E-state index is 0.0178. The summed E-state index contributed by atoms with van der Waals surface area (Å²) in [6, 6.07) is 6.03. The predicted octanol–water partition coefficient (Wildman–Crippen LogP) is 1.71. The molecule has 0 radical (unpaired) electrons. The van der Waals surface area contributed by atoms with Crippen LogP contribution in [0, 0.1) is 0 Å². The normalized spacial score (nSPS) is 18.5. The summed E-state index contributed by atoms with van der Waals surface area (Å²) >= 11 is 0. The van der Waals surface area contributed by atoms with E-state index in [4.69, 9.17) is 10.5 Å². The zero-order valence-corrected chi connectivity index (χ0v) is 11.0. The lowest BCUT2D eigenvalue weighted by Crippen LogP contribution is -2.45. The van der Waals surface area contributed by atoms with E-state index < -0.39 is 6.10 Å². The zero-order valence-electron chi connectivity index (χ0n) is 11.0. The summed E-state index contributed by atoms with van der Waals surface area (Å²) in [5.74, 6) is 0.806. The molecule has 0 saturated heterocycles. The van der Waals surface area contributed by atoms with Crippen molar-refractivity contribution >= 4 is 11.6 Å². The van der Waals surface area contributed by atoms with Crippen LogP contribution in [0.2, 0.25) is 0 Å². The first-order valence-corrected chi connectivity index (χ1v) is 6.48. The van der Waals surface area contributed by atoms with Gasteiger partial charge in [0.25, 0.3) is 5.91 Å². The Hall–Kier alpha value is -1.55. The quantitative estimate of drug-likeness (QED) is 0.882. The first-order valence-electron chi connectivity index (χ1n) is 6.48. The molecule has 1 heterocycles. The predicted molar refractivity (Wildman–Crippen MR) is 71.9 cm³/mol. The minimum atomic E-state index is -0.414. The second kappa shape index (κ2) is 5.40. The molecule has 98 valence electrons. The van der Waals surface area contributed by atoms with Crippen LogP contribution >= 0.6 is 0 Å². The number of benzene rings is 1. The second-order valence-corrected chi connectivity index (χ2v) is 4.55. The molecule has 1 aromatic carbocycles. The largest absolute Gasteiger partial charge is 0.479 e. The van der Waals surface area contributed by atoms with Crippen LogP contribution in [0.25, 0.3) is 0 Å². The Kier molecular flexibility index (Phi) is 3.87. The summed E-state index contributed by atoms with van der Waals surface area (Å²) in [6.07, 6.45) is 1.33. The van der Waals surface area contributed by atoms with Gasteiger partial charge in [0.15, 0.2) is 6.10 Å². The van der Waals surface area contributed by atoms with Crippen LogP contribution in [0.1, 0.15) is 25.8 Å². The molecule has 2 rings (SSSR count). The molecule has 1 aromatic rings. The van der Waals surface area contributed by atoms with Gasteiger partial charge < -0.3 is 15.4 Å². The molecule has 1 aliphatic rings. The Morgan fingerprint density at radius 1 is 1.44 bits per heavy atom. The third kappa shape index (κ3) is 2.34. The van der Waals surface area contributed by atoms with E-state index in [9.17, 15) is 4.79 Å². The smallest absolute Gasteiger partial charge is 0.267 e. The van der Waals surface area contributed by atoms with E-state index in [0.29, 0.717) is 13.1 Å². The molecule has 1 aliphatic heterocycles. The number of nitrogens with zero attached hydrogens (tertiary/aromatic N) is 1. The van der Waals surface area contributed by atoms with E-state index in [1.54, 1.807) is 11.8 Å². The number of aryl methyl sites for hydroxylation is 1. The van der Waals surface area contributed by atoms with Crippen LogP contribution in [0.3, 0.4) is 0 Å². The topological polar surface area (TPSA) is 55.6 Å². The number of hydrogen-bond donors (Lipinski definition) is 1. The number of ether oxygens (including phenoxy) is 1. The van der Waals surface area contributed by atoms with Gasteiger partial charge in [-0.25, -0.2) is 0 Å². The number of rotatable bonds is 4. The molecule has 18 heavy (non-hydrogen) atoms. The summed E-state index contributed by atoms with van der Waals surface area (Å²) in [7, 11) is 0. The standard InChI is InChI=1S/C14H20N2O2/c1-3-11-5-6-13-12(9-11)16(8-4-7-15)14(17)10(2)18-13/h5-6,9-10H,3-4,7-8,15H2,1-2H3. The van der Waals surface area contributed by atoms with Crippen LogP contribution in [-0.4, -0.2) is 25.1 Å². The molecule has 0 aliphatic carbocycles. The fraction of sp³-hybridized carbons (Fsp3) is 0.500. The third-order valence-electron chi connectivity index (χ3n) is 3.23. The van der Waals surface area contributed by atoms with E-state index in [2.05, 4.69) is 6.92 Å². The monoisotopic (exact) mass is 248 g/mol. The van der Waals surface area contributed by atoms with E-state index >= 15 is 0 Å². The highest BCUT2D eigenvalue weighted by Crippen LogP contribution is 2.35. The highest BCUT2D eigenvalue weighted by molar-refractivity contribution is 5.99. The summed E-state index contributed by atoms with van der Waals surface area (Å²) in [5.41, 5.74) is 7.62. The summed E-state index contributed by atoms with van der Waals surface area (Å²) in [6.45, 7) is 5.12. The van der Waals surface area contributed by atoms with Gasteiger partial charge in [-0.3, -0.25) is 4.79 Å². The Morgan fingerprint density at radius 2 is 2.22 bits per heavy atom. The first kappa shape index (κ1) is 12.9. The fourth-order valence-corrected chi connectivity index (χ4v) is 2.15. The SMILES string of the molecule is CCc1ccc2c(c1)N(CCCN)C(=O)C(C)O2. The van der Waals surface area contributed by atoms with E-state index in [0.717, 1.165) is 24.3 Å². The molecule has 0 saturated carbocycles. The molecule has 0 bridgehead atoms. The average Bonchev–Trinajstić information content (AvgIpc) is 2.39. The van der Waals surface area contributed by atoms with Crippen molar-refractivity contribution in [2.75, 3.05) is 18.0 Å². The first-order chi connectivity index (χ1) is 8.67. The number of nitrogens with two attached hydrogens (primary N) is 1. The Labute approximate surface area is 108 Å². The zero-order chi connectivity index (χ0) is 13.1. The van der Waals surface area contributed by atoms with Crippen molar-refractivity contribution in [3.63, 3.8) is 0 Å². The Morgan fingerprint density at radius 3 is 2.89 bits per heavy atom. The maximum Gasteiger partial charge on any atom is 0.267 e. The Balaban J connectivity index is 2.36. The number of hydrogen-bond acceptors (Lipinski definition) is 3. The summed E-state index contributed by atoms with van der Waals surface area (Å²) in [5, 5.41) is 0. The lowest BCUT2D eigenvalue weighted by atomic mass is 10.1. The highest BCUT2D eigenvalue weighted by Gasteiger charge is 2.30. The number of fused-ring (bicyclic) bond motifs is 1. The number of carbonyl (C=O) groups is 1. The maximum absolute atomic E-state index is 12.2. The molecule has 0 fully saturated rings. The van der Waals surface area contributed by atoms with Crippen LogP contribution in [0.4, 0.5) is 5.69 Å². The van der Waals surface area contributed by atoms with Gasteiger partial charge in [0.2, 0.25) is 0 Å². The van der Waals surface area contributed by atoms with Crippen molar-refractivity contribution in [1.82, 2.24) is 0 Å². The molecule has 1 atom stereocenters. The molecule has 4 nitrogen and oxygen atoms in total. The number of anilines is 1. The lowest BCUT2D eigenvalue weighted by molar-refractivity contribution is -0.125. The Bertz CT molecular complexity index is 445. The molecular weight excluding hydrogens is 228 g/mol. The molecule has 1 amide bonds. The van der Waals surface area contributed by atoms with Gasteiger partial charge >= 0.3 is 0 Å². The van der Waals surface area contributed by atoms with Gasteiger partial charge in [-0.15, -0.1) is 0 Å². The van der Waals surface area contributed by atoms with Gasteiger partial charge in [-0.05, 0) is 44.0 Å². The summed E-state index contributed by atoms with van der Waals surface area (Å²) in [4.78, 5) is 14.0. The van der Waals surface area contributed by atoms with Gasteiger partial charge in [-0.2, -0.15) is 0 Å². The van der Waals surface area contributed by atoms with Crippen LogP contribution in [0.5, 0.6) is 5.75 Å². The van der Waals surface area contributed by atoms with Crippen molar-refractivity contribution in [2.45, 2.75) is 32.8 Å². The van der Waals surface area contributed by atoms with E-state index in [-0.39, 0.29) is 5.91 Å². The molecular formula is C14H20N2O2. The maximum atomic E-state index is 12.2. The van der Waals surface area contributed by atoms with Crippen molar-refractivity contribution in [3.8, 4) is 5.75 Å². The van der Waals surface area contributed by atoms with Gasteiger partial charge in [0, 0.05) is 6.54 Å². The van der Waals surface area contributed by atoms with Gasteiger partial charge in [0.05, 0.1) is 5.69 Å². The number of amides is 1. The van der Waals surface area contributed by atoms with Crippen molar-refractivity contribution < 1.29 is 9.53 Å². The minimum Gasteiger partial charge on any atom is -0.479 e. The average molecular weight is 248 g/mol. The third-order valence-corrected chi connectivity index (χ3v) is 3.23. The van der Waals surface area contributed by atoms with Crippen molar-refractivity contribution in [1.29, 1.82) is 0 Å². The highest BCUT2D eigenvalue weighted by atomic mass is 16.5. The van der Waals surface area contributed by atoms with E-state index in [1.807, 2.05) is 18.2 Å². The molecule has 2 N–H and O–H groups in total. The van der Waals surface area contributed by atoms with Gasteiger partial charge in [0.1, 0.15) is 5.75 Å². The van der Waals surface area contributed by atoms with Crippen molar-refractivity contribution in [2.24, 2.45) is 5.73 Å². The lowest BCUT2D eigenvalue weighted by Gasteiger charge is -2.33. The van der Waals surface area contributed by atoms with Gasteiger partial charge in [-0.1, -0.05) is 13.0 Å². The van der Waals surface area contributed by atoms with Crippen molar-refractivity contribution in [3.05, 3.63) is 23.8 Å². The summed E-state index contributed by atoms with van der Waals surface area (Å²) < 4.78 is 5.63. The van der Waals surface area contributed by atoms with Crippen LogP contribution in [-0.2, 0) is 11.2 Å². The molecule has 1 unspecified atom stereocenters. The molecule has 0 aromatic heterocycles. The molecule has 4 heteroatoms. The van der Waals surface area contributed by atoms with Crippen LogP contribution < -0.4 is 15.4 Å². The van der Waals surface area contributed by atoms with E-state index in [1.165, 1.54) is 5.56 Å². The molecule has 0 spiro atoms.